The van der Waals surface area contributed by atoms with Crippen LogP contribution in [0.3, 0.4) is 0 Å². The Labute approximate surface area is 180 Å². The molecular formula is C18H36N4O9. The van der Waals surface area contributed by atoms with Gasteiger partial charge in [-0.1, -0.05) is 0 Å². The van der Waals surface area contributed by atoms with Crippen molar-refractivity contribution in [2.75, 3.05) is 13.2 Å². The molecule has 182 valence electrons. The van der Waals surface area contributed by atoms with E-state index in [0.29, 0.717) is 12.8 Å². The first-order chi connectivity index (χ1) is 14.7. The van der Waals surface area contributed by atoms with Gasteiger partial charge in [0, 0.05) is 25.0 Å². The summed E-state index contributed by atoms with van der Waals surface area (Å²) in [7, 11) is 0. The lowest BCUT2D eigenvalue weighted by Gasteiger charge is -2.47. The predicted molar refractivity (Wildman–Crippen MR) is 105 cm³/mol. The fourth-order valence-corrected chi connectivity index (χ4v) is 4.36. The van der Waals surface area contributed by atoms with Gasteiger partial charge in [-0.25, -0.2) is 0 Å². The topological polar surface area (TPSA) is 242 Å². The van der Waals surface area contributed by atoms with E-state index in [9.17, 15) is 25.5 Å². The summed E-state index contributed by atoms with van der Waals surface area (Å²) in [5, 5.41) is 50.5. The van der Waals surface area contributed by atoms with E-state index in [1.807, 2.05) is 0 Å². The zero-order valence-corrected chi connectivity index (χ0v) is 17.2. The van der Waals surface area contributed by atoms with Crippen LogP contribution in [-0.2, 0) is 18.9 Å². The number of aliphatic hydroxyl groups excluding tert-OH is 5. The van der Waals surface area contributed by atoms with Crippen LogP contribution in [0.15, 0.2) is 0 Å². The Kier molecular flexibility index (Phi) is 8.59. The molecule has 0 aromatic rings. The number of ether oxygens (including phenoxy) is 4. The van der Waals surface area contributed by atoms with E-state index in [1.54, 1.807) is 0 Å². The van der Waals surface area contributed by atoms with Crippen molar-refractivity contribution in [3.05, 3.63) is 0 Å². The maximum absolute atomic E-state index is 10.9. The number of aliphatic hydroxyl groups is 5. The monoisotopic (exact) mass is 452 g/mol. The molecule has 1 saturated carbocycles. The van der Waals surface area contributed by atoms with Crippen molar-refractivity contribution in [3.8, 4) is 0 Å². The molecule has 3 aliphatic rings. The van der Waals surface area contributed by atoms with Crippen molar-refractivity contribution in [2.24, 2.45) is 22.9 Å². The average Bonchev–Trinajstić information content (AvgIpc) is 2.75. The van der Waals surface area contributed by atoms with Crippen LogP contribution in [0.2, 0.25) is 0 Å². The fourth-order valence-electron chi connectivity index (χ4n) is 4.36. The van der Waals surface area contributed by atoms with Gasteiger partial charge in [0.1, 0.15) is 36.6 Å². The fraction of sp³-hybridized carbons (Fsp3) is 1.00. The van der Waals surface area contributed by atoms with Gasteiger partial charge in [-0.2, -0.15) is 0 Å². The number of hydrogen-bond acceptors (Lipinski definition) is 13. The summed E-state index contributed by atoms with van der Waals surface area (Å²) in [5.41, 5.74) is 23.7. The van der Waals surface area contributed by atoms with Gasteiger partial charge in [0.05, 0.1) is 24.9 Å². The molecule has 0 amide bonds. The van der Waals surface area contributed by atoms with Crippen molar-refractivity contribution >= 4 is 0 Å². The van der Waals surface area contributed by atoms with E-state index < -0.39 is 86.1 Å². The van der Waals surface area contributed by atoms with Crippen molar-refractivity contribution < 1.29 is 44.5 Å². The van der Waals surface area contributed by atoms with Crippen LogP contribution in [0.5, 0.6) is 0 Å². The van der Waals surface area contributed by atoms with Gasteiger partial charge in [0.25, 0.3) is 0 Å². The Morgan fingerprint density at radius 3 is 2.06 bits per heavy atom. The predicted octanol–water partition coefficient (Wildman–Crippen LogP) is -5.23. The lowest BCUT2D eigenvalue weighted by atomic mass is 9.84. The molecule has 13 atom stereocenters. The molecule has 0 radical (unpaired) electrons. The molecule has 0 bridgehead atoms. The van der Waals surface area contributed by atoms with E-state index in [-0.39, 0.29) is 13.0 Å². The zero-order valence-electron chi connectivity index (χ0n) is 17.2. The average molecular weight is 453 g/mol. The Morgan fingerprint density at radius 1 is 0.806 bits per heavy atom. The summed E-state index contributed by atoms with van der Waals surface area (Å²) in [4.78, 5) is 0. The Morgan fingerprint density at radius 2 is 1.45 bits per heavy atom. The Balaban J connectivity index is 1.67. The second-order valence-corrected chi connectivity index (χ2v) is 8.52. The van der Waals surface area contributed by atoms with E-state index in [4.69, 9.17) is 41.9 Å². The largest absolute Gasteiger partial charge is 0.394 e. The maximum Gasteiger partial charge on any atom is 0.186 e. The first-order valence-corrected chi connectivity index (χ1v) is 10.6. The summed E-state index contributed by atoms with van der Waals surface area (Å²) in [6.07, 6.45) is -9.29. The van der Waals surface area contributed by atoms with Gasteiger partial charge in [-0.15, -0.1) is 0 Å². The third kappa shape index (κ3) is 5.35. The van der Waals surface area contributed by atoms with E-state index in [1.165, 1.54) is 0 Å². The SMILES string of the molecule is NC[C@H]1O[C@H](O[C@H]2[C@H](O)[C@@H](O[C@H]3O[C@H](CO)[C@@H](O)[C@H](N)[C@H]3O)[C@H](N)C[C@@H]2N)CC[C@@H]1O. The first kappa shape index (κ1) is 25.1. The molecule has 13 nitrogen and oxygen atoms in total. The van der Waals surface area contributed by atoms with Gasteiger partial charge in [0.2, 0.25) is 0 Å². The highest BCUT2D eigenvalue weighted by molar-refractivity contribution is 5.00. The van der Waals surface area contributed by atoms with Crippen molar-refractivity contribution in [1.29, 1.82) is 0 Å². The smallest absolute Gasteiger partial charge is 0.186 e. The molecule has 3 fully saturated rings. The Hall–Kier alpha value is -0.520. The molecule has 13 N–H and O–H groups in total. The van der Waals surface area contributed by atoms with Gasteiger partial charge in [0.15, 0.2) is 12.6 Å². The Bertz CT molecular complexity index is 576. The van der Waals surface area contributed by atoms with Crippen molar-refractivity contribution in [2.45, 2.75) is 98.8 Å². The van der Waals surface area contributed by atoms with Crippen LogP contribution in [0.25, 0.3) is 0 Å². The van der Waals surface area contributed by atoms with E-state index >= 15 is 0 Å². The highest BCUT2D eigenvalue weighted by Gasteiger charge is 2.49. The van der Waals surface area contributed by atoms with Gasteiger partial charge in [-0.3, -0.25) is 0 Å². The second kappa shape index (κ2) is 10.6. The molecule has 0 aromatic carbocycles. The van der Waals surface area contributed by atoms with Crippen molar-refractivity contribution in [1.82, 2.24) is 0 Å². The van der Waals surface area contributed by atoms with Gasteiger partial charge in [-0.05, 0) is 12.8 Å². The highest BCUT2D eigenvalue weighted by Crippen LogP contribution is 2.30. The maximum atomic E-state index is 10.9. The number of nitrogens with two attached hydrogens (primary N) is 4. The van der Waals surface area contributed by atoms with E-state index in [2.05, 4.69) is 0 Å². The molecule has 0 aromatic heterocycles. The van der Waals surface area contributed by atoms with Crippen LogP contribution in [0.1, 0.15) is 19.3 Å². The van der Waals surface area contributed by atoms with Crippen LogP contribution in [-0.4, -0.2) is 118 Å². The van der Waals surface area contributed by atoms with Crippen molar-refractivity contribution in [3.63, 3.8) is 0 Å². The van der Waals surface area contributed by atoms with Gasteiger partial charge < -0.3 is 67.4 Å². The van der Waals surface area contributed by atoms with Crippen LogP contribution in [0.4, 0.5) is 0 Å². The lowest BCUT2D eigenvalue weighted by molar-refractivity contribution is -0.313. The molecule has 2 aliphatic heterocycles. The normalized spacial score (nSPS) is 51.6. The number of rotatable bonds is 6. The van der Waals surface area contributed by atoms with Gasteiger partial charge >= 0.3 is 0 Å². The second-order valence-electron chi connectivity index (χ2n) is 8.52. The first-order valence-electron chi connectivity index (χ1n) is 10.6. The minimum Gasteiger partial charge on any atom is -0.394 e. The van der Waals surface area contributed by atoms with E-state index in [0.717, 1.165) is 0 Å². The lowest BCUT2D eigenvalue weighted by Crippen LogP contribution is -2.67. The third-order valence-electron chi connectivity index (χ3n) is 6.29. The summed E-state index contributed by atoms with van der Waals surface area (Å²) < 4.78 is 22.7. The van der Waals surface area contributed by atoms with Crippen LogP contribution < -0.4 is 22.9 Å². The molecule has 13 heteroatoms. The summed E-state index contributed by atoms with van der Waals surface area (Å²) in [6.45, 7) is -0.420. The molecule has 2 heterocycles. The molecule has 2 saturated heterocycles. The standard InChI is InChI=1S/C18H36N4O9/c19-4-9-8(24)1-2-11(28-9)30-16-6(20)3-7(21)17(15(16)27)31-18-14(26)12(22)13(25)10(5-23)29-18/h6-18,23-27H,1-5,19-22H2/t6-,7+,8-,9+,10+,11+,12-,13+,14+,15-,16+,17-,18+/m0/s1. The molecular weight excluding hydrogens is 416 g/mol. The van der Waals surface area contributed by atoms with Crippen LogP contribution in [0, 0.1) is 0 Å². The molecule has 3 rings (SSSR count). The molecule has 0 spiro atoms. The summed E-state index contributed by atoms with van der Waals surface area (Å²) in [5.74, 6) is 0. The number of hydrogen-bond donors (Lipinski definition) is 9. The quantitative estimate of drug-likeness (QED) is 0.183. The third-order valence-corrected chi connectivity index (χ3v) is 6.29. The zero-order chi connectivity index (χ0) is 22.9. The minimum atomic E-state index is -1.42. The summed E-state index contributed by atoms with van der Waals surface area (Å²) >= 11 is 0. The molecule has 31 heavy (non-hydrogen) atoms. The minimum absolute atomic E-state index is 0.117. The highest BCUT2D eigenvalue weighted by atomic mass is 16.7. The molecule has 1 aliphatic carbocycles. The summed E-state index contributed by atoms with van der Waals surface area (Å²) in [6, 6.07) is -2.46. The molecule has 0 unspecified atom stereocenters. The van der Waals surface area contributed by atoms with Crippen LogP contribution >= 0.6 is 0 Å².